The predicted molar refractivity (Wildman–Crippen MR) is 98.0 cm³/mol. The van der Waals surface area contributed by atoms with Gasteiger partial charge in [-0.3, -0.25) is 0 Å². The fourth-order valence-electron chi connectivity index (χ4n) is 3.09. The molecule has 0 radical (unpaired) electrons. The molecule has 1 aliphatic heterocycles. The van der Waals surface area contributed by atoms with E-state index in [1.54, 1.807) is 27.7 Å². The van der Waals surface area contributed by atoms with Gasteiger partial charge >= 0.3 is 122 Å². The van der Waals surface area contributed by atoms with Gasteiger partial charge in [-0.05, 0) is 27.7 Å². The van der Waals surface area contributed by atoms with E-state index in [1.807, 2.05) is 0 Å². The van der Waals surface area contributed by atoms with E-state index in [1.165, 1.54) is 24.3 Å². The van der Waals surface area contributed by atoms with Crippen molar-refractivity contribution in [1.29, 1.82) is 0 Å². The molecule has 29 heavy (non-hydrogen) atoms. The summed E-state index contributed by atoms with van der Waals surface area (Å²) in [7, 11) is 0. The van der Waals surface area contributed by atoms with E-state index < -0.39 is 43.5 Å². The van der Waals surface area contributed by atoms with E-state index in [-0.39, 0.29) is 25.0 Å². The van der Waals surface area contributed by atoms with E-state index in [0.717, 1.165) is 15.0 Å². The molecule has 2 nitrogen and oxygen atoms in total. The van der Waals surface area contributed by atoms with Crippen molar-refractivity contribution in [3.63, 3.8) is 0 Å². The maximum atomic E-state index is 12.7. The molecule has 0 spiro atoms. The summed E-state index contributed by atoms with van der Waals surface area (Å²) in [5.41, 5.74) is -1.27. The van der Waals surface area contributed by atoms with Gasteiger partial charge in [-0.1, -0.05) is 0 Å². The zero-order valence-corrected chi connectivity index (χ0v) is 20.5. The first kappa shape index (κ1) is 26.4. The standard InChI is InChI=1S/2C6H4F3.2C3H8O.C2H4.Hf/c2*7-6(8,9)5-3-1-2-4-5;2*1-3(2)4;1-2;/h2*3-4H,1H2;2*3-4H,1-2H3;1-2H2;. The van der Waals surface area contributed by atoms with Crippen LogP contribution in [0.5, 0.6) is 0 Å². The number of hydrogen-bond donors (Lipinski definition) is 2. The van der Waals surface area contributed by atoms with Gasteiger partial charge in [0.25, 0.3) is 0 Å². The van der Waals surface area contributed by atoms with Crippen LogP contribution in [-0.2, 0) is 20.0 Å². The molecule has 0 unspecified atom stereocenters. The average molecular weight is 593 g/mol. The molecule has 0 saturated carbocycles. The van der Waals surface area contributed by atoms with Gasteiger partial charge in [0, 0.05) is 12.2 Å². The molecule has 3 rings (SSSR count). The second-order valence-electron chi connectivity index (χ2n) is 7.83. The minimum absolute atomic E-state index is 0.167. The molecule has 2 N–H and O–H groups in total. The van der Waals surface area contributed by atoms with Gasteiger partial charge in [-0.15, -0.1) is 0 Å². The second-order valence-corrected chi connectivity index (χ2v) is 23.8. The molecular formula is C20H28F6HfO2. The Balaban J connectivity index is 0.000000452. The van der Waals surface area contributed by atoms with Gasteiger partial charge < -0.3 is 10.2 Å². The van der Waals surface area contributed by atoms with Crippen molar-refractivity contribution in [3.8, 4) is 0 Å². The van der Waals surface area contributed by atoms with Crippen LogP contribution in [0.25, 0.3) is 0 Å². The summed E-state index contributed by atoms with van der Waals surface area (Å²) in [6.07, 6.45) is -3.74. The molecule has 9 heteroatoms. The van der Waals surface area contributed by atoms with E-state index in [0.29, 0.717) is 0 Å². The van der Waals surface area contributed by atoms with Gasteiger partial charge in [-0.25, -0.2) is 0 Å². The third-order valence-corrected chi connectivity index (χ3v) is 21.1. The topological polar surface area (TPSA) is 40.5 Å². The Morgan fingerprint density at radius 3 is 1.17 bits per heavy atom. The number of allylic oxidation sites excluding steroid dienone is 8. The van der Waals surface area contributed by atoms with Gasteiger partial charge in [0.2, 0.25) is 0 Å². The molecule has 1 fully saturated rings. The zero-order chi connectivity index (χ0) is 22.6. The maximum absolute atomic E-state index is 12.7. The molecule has 166 valence electrons. The Kier molecular flexibility index (Phi) is 9.17. The van der Waals surface area contributed by atoms with Crippen LogP contribution in [0.4, 0.5) is 26.3 Å². The zero-order valence-electron chi connectivity index (χ0n) is 17.0. The molecule has 1 saturated heterocycles. The number of rotatable bonds is 2. The first-order chi connectivity index (χ1) is 13.1. The van der Waals surface area contributed by atoms with E-state index in [9.17, 15) is 26.3 Å². The first-order valence-electron chi connectivity index (χ1n) is 9.42. The summed E-state index contributed by atoms with van der Waals surface area (Å²) in [6, 6.07) is 0. The number of hydrogen-bond acceptors (Lipinski definition) is 2. The van der Waals surface area contributed by atoms with Crippen molar-refractivity contribution in [1.82, 2.24) is 0 Å². The van der Waals surface area contributed by atoms with Crippen LogP contribution in [0.1, 0.15) is 40.5 Å². The monoisotopic (exact) mass is 594 g/mol. The van der Waals surface area contributed by atoms with Gasteiger partial charge in [-0.2, -0.15) is 0 Å². The van der Waals surface area contributed by atoms with E-state index in [4.69, 9.17) is 10.2 Å². The van der Waals surface area contributed by atoms with Crippen LogP contribution < -0.4 is 0 Å². The Hall–Kier alpha value is -0.670. The number of halogens is 6. The van der Waals surface area contributed by atoms with Crippen LogP contribution in [0, 0.1) is 0 Å². The normalized spacial score (nSPS) is 20.2. The van der Waals surface area contributed by atoms with E-state index in [2.05, 4.69) is 0 Å². The molecule has 3 aliphatic rings. The van der Waals surface area contributed by atoms with Crippen molar-refractivity contribution >= 4 is 0 Å². The van der Waals surface area contributed by atoms with Gasteiger partial charge in [0.15, 0.2) is 0 Å². The third kappa shape index (κ3) is 8.17. The fourth-order valence-corrected chi connectivity index (χ4v) is 24.1. The Bertz CT molecular complexity index is 631. The van der Waals surface area contributed by atoms with Crippen molar-refractivity contribution in [2.24, 2.45) is 0 Å². The molecule has 0 aromatic heterocycles. The SMILES string of the molecule is CC(C)O.CC(C)O.FC(F)(F)C1=CC[C]([Hf]2([C]3=CC(C(F)(F)F)=CC3)[CH2][CH2]2)=C1. The third-order valence-electron chi connectivity index (χ3n) is 4.38. The Morgan fingerprint density at radius 2 is 1.00 bits per heavy atom. The van der Waals surface area contributed by atoms with Crippen LogP contribution in [0.3, 0.4) is 0 Å². The molecular weight excluding hydrogens is 565 g/mol. The van der Waals surface area contributed by atoms with Gasteiger partial charge in [0.1, 0.15) is 0 Å². The van der Waals surface area contributed by atoms with Gasteiger partial charge in [0.05, 0.1) is 0 Å². The first-order valence-corrected chi connectivity index (χ1v) is 18.1. The molecule has 0 amide bonds. The van der Waals surface area contributed by atoms with Crippen LogP contribution in [0.2, 0.25) is 8.35 Å². The molecule has 0 bridgehead atoms. The summed E-state index contributed by atoms with van der Waals surface area (Å²) < 4.78 is 79.4. The van der Waals surface area contributed by atoms with Crippen LogP contribution >= 0.6 is 0 Å². The summed E-state index contributed by atoms with van der Waals surface area (Å²) in [5.74, 6) is 0. The van der Waals surface area contributed by atoms with Crippen LogP contribution in [0.15, 0.2) is 42.1 Å². The molecule has 0 aromatic carbocycles. The fraction of sp³-hybridized carbons (Fsp3) is 0.600. The molecule has 2 aliphatic carbocycles. The Morgan fingerprint density at radius 1 is 0.724 bits per heavy atom. The summed E-state index contributed by atoms with van der Waals surface area (Å²) in [6.45, 7) is 6.89. The second kappa shape index (κ2) is 10.1. The average Bonchev–Trinajstić information content (AvgIpc) is 2.99. The number of alkyl halides is 6. The van der Waals surface area contributed by atoms with Crippen LogP contribution in [-0.4, -0.2) is 34.8 Å². The molecule has 0 atom stereocenters. The Labute approximate surface area is 172 Å². The van der Waals surface area contributed by atoms with E-state index >= 15 is 0 Å². The number of aliphatic hydroxyl groups excluding tert-OH is 2. The van der Waals surface area contributed by atoms with Crippen molar-refractivity contribution < 1.29 is 56.5 Å². The van der Waals surface area contributed by atoms with Crippen molar-refractivity contribution in [2.75, 3.05) is 0 Å². The minimum atomic E-state index is -4.36. The quantitative estimate of drug-likeness (QED) is 0.291. The van der Waals surface area contributed by atoms with Crippen molar-refractivity contribution in [2.45, 2.75) is 73.5 Å². The molecule has 0 aromatic rings. The summed E-state index contributed by atoms with van der Waals surface area (Å²) in [4.78, 5) is 0. The predicted octanol–water partition coefficient (Wildman–Crippen LogP) is 6.32. The summed E-state index contributed by atoms with van der Waals surface area (Å²) in [5, 5.41) is 16.1. The summed E-state index contributed by atoms with van der Waals surface area (Å²) >= 11 is -3.19. The molecule has 1 heterocycles. The van der Waals surface area contributed by atoms with Crippen molar-refractivity contribution in [3.05, 3.63) is 42.1 Å². The number of aliphatic hydroxyl groups is 2.